The standard InChI is InChI=1S/C18H14F5N3O/c19-13-2-1-9-24-15(13)17(20)7-5-11(6-8-17)16(27)26-14-4-3-12(10-25-14)18(21,22)23/h1-5,9-10H,6-8H2,(H,25,26,27). The molecule has 9 heteroatoms. The van der Waals surface area contributed by atoms with Crippen molar-refractivity contribution in [1.29, 1.82) is 0 Å². The Balaban J connectivity index is 1.69. The Morgan fingerprint density at radius 2 is 1.96 bits per heavy atom. The summed E-state index contributed by atoms with van der Waals surface area (Å²) >= 11 is 0. The summed E-state index contributed by atoms with van der Waals surface area (Å²) in [6.45, 7) is 0. The normalized spacial score (nSPS) is 20.1. The number of allylic oxidation sites excluding steroid dienone is 1. The van der Waals surface area contributed by atoms with Gasteiger partial charge in [-0.1, -0.05) is 6.08 Å². The molecule has 0 saturated heterocycles. The molecule has 0 aliphatic heterocycles. The van der Waals surface area contributed by atoms with E-state index in [1.165, 1.54) is 18.3 Å². The summed E-state index contributed by atoms with van der Waals surface area (Å²) in [7, 11) is 0. The summed E-state index contributed by atoms with van der Waals surface area (Å²) in [5.41, 5.74) is -3.00. The Kier molecular flexibility index (Phi) is 4.95. The first kappa shape index (κ1) is 18.9. The number of nitrogens with one attached hydrogen (secondary N) is 1. The Labute approximate surface area is 151 Å². The van der Waals surface area contributed by atoms with Crippen LogP contribution in [0.15, 0.2) is 48.3 Å². The van der Waals surface area contributed by atoms with E-state index in [9.17, 15) is 26.7 Å². The fraction of sp³-hybridized carbons (Fsp3) is 0.278. The van der Waals surface area contributed by atoms with E-state index in [-0.39, 0.29) is 36.3 Å². The van der Waals surface area contributed by atoms with Gasteiger partial charge in [-0.15, -0.1) is 0 Å². The van der Waals surface area contributed by atoms with Crippen molar-refractivity contribution < 1.29 is 26.7 Å². The lowest BCUT2D eigenvalue weighted by molar-refractivity contribution is -0.137. The molecule has 1 aliphatic rings. The van der Waals surface area contributed by atoms with Crippen molar-refractivity contribution in [3.63, 3.8) is 0 Å². The number of anilines is 1. The maximum absolute atomic E-state index is 15.0. The molecule has 1 N–H and O–H groups in total. The van der Waals surface area contributed by atoms with E-state index >= 15 is 0 Å². The van der Waals surface area contributed by atoms with E-state index in [1.54, 1.807) is 0 Å². The van der Waals surface area contributed by atoms with Gasteiger partial charge in [0.1, 0.15) is 17.3 Å². The minimum Gasteiger partial charge on any atom is -0.307 e. The minimum absolute atomic E-state index is 0.0268. The van der Waals surface area contributed by atoms with Crippen LogP contribution in [0.1, 0.15) is 30.5 Å². The zero-order valence-electron chi connectivity index (χ0n) is 13.9. The number of halogens is 5. The minimum atomic E-state index is -4.52. The van der Waals surface area contributed by atoms with Gasteiger partial charge in [-0.2, -0.15) is 13.2 Å². The van der Waals surface area contributed by atoms with Crippen molar-refractivity contribution in [2.45, 2.75) is 31.1 Å². The summed E-state index contributed by atoms with van der Waals surface area (Å²) in [4.78, 5) is 19.5. The molecule has 1 amide bonds. The number of hydrogen-bond donors (Lipinski definition) is 1. The summed E-state index contributed by atoms with van der Waals surface area (Å²) in [6, 6.07) is 4.31. The predicted molar refractivity (Wildman–Crippen MR) is 86.8 cm³/mol. The molecule has 2 aromatic rings. The van der Waals surface area contributed by atoms with E-state index in [0.717, 1.165) is 18.2 Å². The second-order valence-corrected chi connectivity index (χ2v) is 6.12. The topological polar surface area (TPSA) is 54.9 Å². The van der Waals surface area contributed by atoms with Gasteiger partial charge in [0.15, 0.2) is 5.67 Å². The largest absolute Gasteiger partial charge is 0.417 e. The van der Waals surface area contributed by atoms with Crippen molar-refractivity contribution >= 4 is 11.7 Å². The van der Waals surface area contributed by atoms with Gasteiger partial charge >= 0.3 is 6.18 Å². The van der Waals surface area contributed by atoms with Crippen LogP contribution in [0.4, 0.5) is 27.8 Å². The van der Waals surface area contributed by atoms with Crippen LogP contribution in [0.2, 0.25) is 0 Å². The number of rotatable bonds is 3. The first-order chi connectivity index (χ1) is 12.7. The molecule has 0 fully saturated rings. The molecule has 3 rings (SSSR count). The average Bonchev–Trinajstić information content (AvgIpc) is 2.62. The molecule has 4 nitrogen and oxygen atoms in total. The third kappa shape index (κ3) is 4.12. The van der Waals surface area contributed by atoms with Crippen molar-refractivity contribution in [3.8, 4) is 0 Å². The predicted octanol–water partition coefficient (Wildman–Crippen LogP) is 4.55. The lowest BCUT2D eigenvalue weighted by Crippen LogP contribution is -2.28. The van der Waals surface area contributed by atoms with Crippen LogP contribution >= 0.6 is 0 Å². The number of aromatic nitrogens is 2. The maximum atomic E-state index is 15.0. The third-order valence-corrected chi connectivity index (χ3v) is 4.27. The Hall–Kier alpha value is -2.84. The van der Waals surface area contributed by atoms with Gasteiger partial charge in [-0.05, 0) is 37.1 Å². The molecule has 1 unspecified atom stereocenters. The number of carbonyl (C=O) groups is 1. The number of amides is 1. The first-order valence-electron chi connectivity index (χ1n) is 8.02. The van der Waals surface area contributed by atoms with Crippen LogP contribution in [-0.2, 0) is 16.6 Å². The Morgan fingerprint density at radius 3 is 2.52 bits per heavy atom. The number of carbonyl (C=O) groups excluding carboxylic acids is 1. The number of hydrogen-bond acceptors (Lipinski definition) is 3. The van der Waals surface area contributed by atoms with Gasteiger partial charge in [0.05, 0.1) is 5.56 Å². The van der Waals surface area contributed by atoms with E-state index in [4.69, 9.17) is 0 Å². The van der Waals surface area contributed by atoms with Gasteiger partial charge in [0.2, 0.25) is 0 Å². The SMILES string of the molecule is O=C(Nc1ccc(C(F)(F)F)cn1)C1=CCC(F)(c2ncccc2F)CC1. The van der Waals surface area contributed by atoms with Crippen LogP contribution < -0.4 is 5.32 Å². The van der Waals surface area contributed by atoms with Crippen molar-refractivity contribution in [1.82, 2.24) is 9.97 Å². The number of nitrogens with zero attached hydrogens (tertiary/aromatic N) is 2. The van der Waals surface area contributed by atoms with Crippen molar-refractivity contribution in [3.05, 3.63) is 65.4 Å². The quantitative estimate of drug-likeness (QED) is 0.792. The first-order valence-corrected chi connectivity index (χ1v) is 8.02. The molecular formula is C18H14F5N3O. The highest BCUT2D eigenvalue weighted by Gasteiger charge is 2.38. The van der Waals surface area contributed by atoms with Crippen LogP contribution in [0.5, 0.6) is 0 Å². The van der Waals surface area contributed by atoms with Crippen molar-refractivity contribution in [2.75, 3.05) is 5.32 Å². The maximum Gasteiger partial charge on any atom is 0.417 e. The second-order valence-electron chi connectivity index (χ2n) is 6.12. The molecule has 0 radical (unpaired) electrons. The lowest BCUT2D eigenvalue weighted by atomic mass is 9.84. The lowest BCUT2D eigenvalue weighted by Gasteiger charge is -2.28. The molecule has 0 bridgehead atoms. The molecule has 2 heterocycles. The zero-order chi connectivity index (χ0) is 19.7. The third-order valence-electron chi connectivity index (χ3n) is 4.27. The second kappa shape index (κ2) is 7.05. The van der Waals surface area contributed by atoms with Gasteiger partial charge in [0.25, 0.3) is 5.91 Å². The molecule has 2 aromatic heterocycles. The van der Waals surface area contributed by atoms with E-state index in [1.807, 2.05) is 0 Å². The highest BCUT2D eigenvalue weighted by atomic mass is 19.4. The highest BCUT2D eigenvalue weighted by molar-refractivity contribution is 6.03. The summed E-state index contributed by atoms with van der Waals surface area (Å²) in [6.07, 6.45) is -1.61. The number of pyridine rings is 2. The molecule has 27 heavy (non-hydrogen) atoms. The number of alkyl halides is 4. The van der Waals surface area contributed by atoms with E-state index < -0.39 is 29.1 Å². The van der Waals surface area contributed by atoms with Crippen LogP contribution in [0.3, 0.4) is 0 Å². The highest BCUT2D eigenvalue weighted by Crippen LogP contribution is 2.40. The molecule has 0 saturated carbocycles. The molecule has 0 spiro atoms. The van der Waals surface area contributed by atoms with Crippen LogP contribution in [0, 0.1) is 5.82 Å². The van der Waals surface area contributed by atoms with Crippen LogP contribution in [0.25, 0.3) is 0 Å². The summed E-state index contributed by atoms with van der Waals surface area (Å²) in [5, 5.41) is 2.37. The smallest absolute Gasteiger partial charge is 0.307 e. The molecule has 142 valence electrons. The van der Waals surface area contributed by atoms with Gasteiger partial charge in [0, 0.05) is 24.4 Å². The monoisotopic (exact) mass is 383 g/mol. The van der Waals surface area contributed by atoms with Crippen LogP contribution in [-0.4, -0.2) is 15.9 Å². The molecular weight excluding hydrogens is 369 g/mol. The van der Waals surface area contributed by atoms with Gasteiger partial charge in [-0.25, -0.2) is 13.8 Å². The Morgan fingerprint density at radius 1 is 1.19 bits per heavy atom. The van der Waals surface area contributed by atoms with Crippen molar-refractivity contribution in [2.24, 2.45) is 0 Å². The molecule has 0 aromatic carbocycles. The fourth-order valence-electron chi connectivity index (χ4n) is 2.79. The summed E-state index contributed by atoms with van der Waals surface area (Å²) in [5.74, 6) is -1.40. The molecule has 1 atom stereocenters. The van der Waals surface area contributed by atoms with Gasteiger partial charge in [-0.3, -0.25) is 9.78 Å². The molecule has 1 aliphatic carbocycles. The zero-order valence-corrected chi connectivity index (χ0v) is 13.9. The Bertz CT molecular complexity index is 879. The average molecular weight is 383 g/mol. The fourth-order valence-corrected chi connectivity index (χ4v) is 2.79. The summed E-state index contributed by atoms with van der Waals surface area (Å²) < 4.78 is 66.3. The van der Waals surface area contributed by atoms with Gasteiger partial charge < -0.3 is 5.32 Å². The van der Waals surface area contributed by atoms with E-state index in [2.05, 4.69) is 15.3 Å². The van der Waals surface area contributed by atoms with E-state index in [0.29, 0.717) is 6.20 Å².